The molecule has 3 aliphatic rings. The summed E-state index contributed by atoms with van der Waals surface area (Å²) < 4.78 is 43.2. The maximum atomic E-state index is 12.9. The molecule has 1 aromatic rings. The molecule has 0 radical (unpaired) electrons. The Balaban J connectivity index is 1.28. The molecule has 152 valence electrons. The highest BCUT2D eigenvalue weighted by atomic mass is 19.4. The Morgan fingerprint density at radius 3 is 2.43 bits per heavy atom. The van der Waals surface area contributed by atoms with Gasteiger partial charge in [-0.2, -0.15) is 13.2 Å². The topological polar surface area (TPSA) is 62.7 Å². The van der Waals surface area contributed by atoms with Crippen molar-refractivity contribution >= 4 is 11.9 Å². The fourth-order valence-electron chi connectivity index (χ4n) is 4.52. The van der Waals surface area contributed by atoms with Crippen LogP contribution in [0.3, 0.4) is 0 Å². The lowest BCUT2D eigenvalue weighted by molar-refractivity contribution is -0.197. The van der Waals surface area contributed by atoms with Crippen molar-refractivity contribution in [1.82, 2.24) is 14.8 Å². The van der Waals surface area contributed by atoms with Crippen LogP contribution in [0.4, 0.5) is 13.2 Å². The van der Waals surface area contributed by atoms with E-state index < -0.39 is 18.1 Å². The third kappa shape index (κ3) is 3.59. The number of halogens is 3. The van der Waals surface area contributed by atoms with Gasteiger partial charge in [0.25, 0.3) is 0 Å². The minimum atomic E-state index is -4.79. The van der Waals surface area contributed by atoms with Crippen LogP contribution in [0.2, 0.25) is 0 Å². The number of esters is 1. The summed E-state index contributed by atoms with van der Waals surface area (Å²) in [5, 5.41) is 0. The van der Waals surface area contributed by atoms with Gasteiger partial charge in [0, 0.05) is 37.9 Å². The van der Waals surface area contributed by atoms with E-state index in [0.29, 0.717) is 37.8 Å². The summed E-state index contributed by atoms with van der Waals surface area (Å²) in [5.74, 6) is -2.11. The molecule has 2 heterocycles. The molecule has 1 spiro atoms. The highest BCUT2D eigenvalue weighted by molar-refractivity contribution is 5.88. The molecule has 3 fully saturated rings. The van der Waals surface area contributed by atoms with Gasteiger partial charge in [-0.25, -0.2) is 4.79 Å². The molecule has 2 saturated carbocycles. The van der Waals surface area contributed by atoms with E-state index in [1.54, 1.807) is 12.1 Å². The molecule has 0 atom stereocenters. The molecule has 1 amide bonds. The Labute approximate surface area is 160 Å². The summed E-state index contributed by atoms with van der Waals surface area (Å²) in [7, 11) is 1.31. The van der Waals surface area contributed by atoms with Gasteiger partial charge in [0.05, 0.1) is 18.4 Å². The molecule has 6 nitrogen and oxygen atoms in total. The zero-order valence-electron chi connectivity index (χ0n) is 15.5. The van der Waals surface area contributed by atoms with Gasteiger partial charge < -0.3 is 9.64 Å². The number of carbonyl (C=O) groups excluding carboxylic acids is 2. The number of nitrogens with zero attached hydrogens (tertiary/aromatic N) is 3. The maximum absolute atomic E-state index is 12.9. The minimum absolute atomic E-state index is 0.0235. The van der Waals surface area contributed by atoms with Crippen molar-refractivity contribution in [3.8, 4) is 0 Å². The van der Waals surface area contributed by atoms with E-state index in [2.05, 4.69) is 14.6 Å². The summed E-state index contributed by atoms with van der Waals surface area (Å²) in [6.07, 6.45) is -0.701. The van der Waals surface area contributed by atoms with E-state index in [1.807, 2.05) is 0 Å². The van der Waals surface area contributed by atoms with Crippen LogP contribution in [0.5, 0.6) is 0 Å². The molecule has 0 aromatic carbocycles. The highest BCUT2D eigenvalue weighted by Gasteiger charge is 2.58. The standard InChI is InChI=1S/C19H22F3N3O3/c1-28-16(26)12-2-3-13(23-8-12)9-24-10-18(11-24)6-15(7-18)25(14-4-5-14)17(27)19(20,21)22/h2-3,8,14-15H,4-7,9-11H2,1H3. The van der Waals surface area contributed by atoms with Crippen LogP contribution in [0.25, 0.3) is 0 Å². The maximum Gasteiger partial charge on any atom is 0.471 e. The number of hydrogen-bond acceptors (Lipinski definition) is 5. The average molecular weight is 397 g/mol. The molecule has 28 heavy (non-hydrogen) atoms. The van der Waals surface area contributed by atoms with Gasteiger partial charge in [-0.3, -0.25) is 14.7 Å². The second kappa shape index (κ2) is 6.72. The van der Waals surface area contributed by atoms with Gasteiger partial charge in [-0.05, 0) is 43.2 Å². The van der Waals surface area contributed by atoms with Crippen molar-refractivity contribution in [3.63, 3.8) is 0 Å². The normalized spacial score (nSPS) is 21.7. The first-order valence-corrected chi connectivity index (χ1v) is 9.36. The van der Waals surface area contributed by atoms with Crippen molar-refractivity contribution in [2.45, 2.75) is 50.5 Å². The van der Waals surface area contributed by atoms with Crippen LogP contribution in [0.1, 0.15) is 41.7 Å². The Hall–Kier alpha value is -2.16. The van der Waals surface area contributed by atoms with E-state index in [9.17, 15) is 22.8 Å². The number of hydrogen-bond donors (Lipinski definition) is 0. The van der Waals surface area contributed by atoms with Crippen molar-refractivity contribution in [1.29, 1.82) is 0 Å². The zero-order chi connectivity index (χ0) is 20.1. The lowest BCUT2D eigenvalue weighted by atomic mass is 9.60. The third-order valence-corrected chi connectivity index (χ3v) is 5.90. The van der Waals surface area contributed by atoms with Crippen molar-refractivity contribution in [2.75, 3.05) is 20.2 Å². The van der Waals surface area contributed by atoms with Crippen LogP contribution < -0.4 is 0 Å². The van der Waals surface area contributed by atoms with Gasteiger partial charge in [0.1, 0.15) is 0 Å². The number of methoxy groups -OCH3 is 1. The highest BCUT2D eigenvalue weighted by Crippen LogP contribution is 2.52. The van der Waals surface area contributed by atoms with Gasteiger partial charge >= 0.3 is 18.1 Å². The second-order valence-electron chi connectivity index (χ2n) is 8.18. The molecular formula is C19H22F3N3O3. The number of ether oxygens (including phenoxy) is 1. The third-order valence-electron chi connectivity index (χ3n) is 5.90. The number of likely N-dealkylation sites (tertiary alicyclic amines) is 1. The molecular weight excluding hydrogens is 375 g/mol. The predicted molar refractivity (Wildman–Crippen MR) is 92.2 cm³/mol. The molecule has 1 saturated heterocycles. The van der Waals surface area contributed by atoms with Crippen molar-refractivity contribution < 1.29 is 27.5 Å². The summed E-state index contributed by atoms with van der Waals surface area (Å²) >= 11 is 0. The second-order valence-corrected chi connectivity index (χ2v) is 8.18. The number of amides is 1. The number of pyridine rings is 1. The van der Waals surface area contributed by atoms with Crippen LogP contribution in [-0.2, 0) is 16.1 Å². The number of rotatable bonds is 5. The summed E-state index contributed by atoms with van der Waals surface area (Å²) in [6.45, 7) is 2.22. The lowest BCUT2D eigenvalue weighted by Crippen LogP contribution is -2.67. The van der Waals surface area contributed by atoms with E-state index >= 15 is 0 Å². The molecule has 9 heteroatoms. The molecule has 2 aliphatic carbocycles. The van der Waals surface area contributed by atoms with Crippen molar-refractivity contribution in [3.05, 3.63) is 29.6 Å². The summed E-state index contributed by atoms with van der Waals surface area (Å²) in [5.41, 5.74) is 1.24. The fourth-order valence-corrected chi connectivity index (χ4v) is 4.52. The summed E-state index contributed by atoms with van der Waals surface area (Å²) in [4.78, 5) is 30.7. The van der Waals surface area contributed by atoms with Gasteiger partial charge in [-0.1, -0.05) is 0 Å². The lowest BCUT2D eigenvalue weighted by Gasteiger charge is -2.61. The fraction of sp³-hybridized carbons (Fsp3) is 0.632. The van der Waals surface area contributed by atoms with Crippen LogP contribution >= 0.6 is 0 Å². The zero-order valence-corrected chi connectivity index (χ0v) is 15.5. The number of alkyl halides is 3. The van der Waals surface area contributed by atoms with E-state index in [1.165, 1.54) is 13.3 Å². The molecule has 1 aliphatic heterocycles. The predicted octanol–water partition coefficient (Wildman–Crippen LogP) is 2.39. The number of aromatic nitrogens is 1. The Bertz CT molecular complexity index is 763. The summed E-state index contributed by atoms with van der Waals surface area (Å²) in [6, 6.07) is 2.92. The molecule has 4 rings (SSSR count). The Morgan fingerprint density at radius 2 is 1.93 bits per heavy atom. The largest absolute Gasteiger partial charge is 0.471 e. The first-order chi connectivity index (χ1) is 13.2. The van der Waals surface area contributed by atoms with Gasteiger partial charge in [0.2, 0.25) is 0 Å². The molecule has 0 unspecified atom stereocenters. The monoisotopic (exact) mass is 397 g/mol. The van der Waals surface area contributed by atoms with Crippen LogP contribution in [0, 0.1) is 5.41 Å². The van der Waals surface area contributed by atoms with E-state index in [4.69, 9.17) is 0 Å². The molecule has 0 bridgehead atoms. The Kier molecular flexibility index (Phi) is 4.60. The van der Waals surface area contributed by atoms with Gasteiger partial charge in [-0.15, -0.1) is 0 Å². The van der Waals surface area contributed by atoms with E-state index in [0.717, 1.165) is 23.7 Å². The van der Waals surface area contributed by atoms with Crippen molar-refractivity contribution in [2.24, 2.45) is 5.41 Å². The minimum Gasteiger partial charge on any atom is -0.465 e. The van der Waals surface area contributed by atoms with E-state index in [-0.39, 0.29) is 17.5 Å². The molecule has 1 aromatic heterocycles. The molecule has 0 N–H and O–H groups in total. The van der Waals surface area contributed by atoms with Gasteiger partial charge in [0.15, 0.2) is 0 Å². The quantitative estimate of drug-likeness (QED) is 0.714. The Morgan fingerprint density at radius 1 is 1.25 bits per heavy atom. The van der Waals surface area contributed by atoms with Crippen LogP contribution in [0.15, 0.2) is 18.3 Å². The smallest absolute Gasteiger partial charge is 0.465 e. The number of carbonyl (C=O) groups is 2. The first-order valence-electron chi connectivity index (χ1n) is 9.36. The first kappa shape index (κ1) is 19.2. The SMILES string of the molecule is COC(=O)c1ccc(CN2CC3(CC(N(C(=O)C(F)(F)F)C4CC4)C3)C2)nc1. The average Bonchev–Trinajstić information content (AvgIpc) is 3.41. The van der Waals surface area contributed by atoms with Crippen LogP contribution in [-0.4, -0.2) is 65.1 Å².